The molecular weight excluding hydrogens is 466 g/mol. The van der Waals surface area contributed by atoms with Crippen molar-refractivity contribution in [2.24, 2.45) is 0 Å². The highest BCUT2D eigenvalue weighted by atomic mass is 16.5. The molecule has 7 nitrogen and oxygen atoms in total. The molecule has 0 fully saturated rings. The monoisotopic (exact) mass is 495 g/mol. The van der Waals surface area contributed by atoms with Gasteiger partial charge in [-0.05, 0) is 47.0 Å². The van der Waals surface area contributed by atoms with Crippen LogP contribution in [-0.4, -0.2) is 42.8 Å². The smallest absolute Gasteiger partial charge is 0.329 e. The SMILES string of the molecule is COC(=O)C(Cc1ccc(OCCN(C)c2nc3ccccc3o2)cc1)n1ccc(-c2ccccc2)c1. The molecule has 188 valence electrons. The maximum Gasteiger partial charge on any atom is 0.329 e. The van der Waals surface area contributed by atoms with Gasteiger partial charge >= 0.3 is 5.97 Å². The summed E-state index contributed by atoms with van der Waals surface area (Å²) in [5, 5.41) is 0. The van der Waals surface area contributed by atoms with Gasteiger partial charge in [-0.25, -0.2) is 4.79 Å². The Morgan fingerprint density at radius 2 is 1.73 bits per heavy atom. The van der Waals surface area contributed by atoms with E-state index in [-0.39, 0.29) is 5.97 Å². The fourth-order valence-electron chi connectivity index (χ4n) is 4.22. The summed E-state index contributed by atoms with van der Waals surface area (Å²) in [6.07, 6.45) is 4.42. The third-order valence-corrected chi connectivity index (χ3v) is 6.31. The highest BCUT2D eigenvalue weighted by Crippen LogP contribution is 2.25. The molecule has 1 atom stereocenters. The van der Waals surface area contributed by atoms with E-state index in [0.717, 1.165) is 33.5 Å². The zero-order valence-electron chi connectivity index (χ0n) is 20.9. The van der Waals surface area contributed by atoms with Crippen LogP contribution in [0.25, 0.3) is 22.2 Å². The van der Waals surface area contributed by atoms with Crippen LogP contribution in [0.3, 0.4) is 0 Å². The molecule has 0 N–H and O–H groups in total. The lowest BCUT2D eigenvalue weighted by molar-refractivity contribution is -0.144. The summed E-state index contributed by atoms with van der Waals surface area (Å²) < 4.78 is 18.8. The number of fused-ring (bicyclic) bond motifs is 1. The highest BCUT2D eigenvalue weighted by molar-refractivity contribution is 5.75. The van der Waals surface area contributed by atoms with Gasteiger partial charge in [-0.1, -0.05) is 54.6 Å². The summed E-state index contributed by atoms with van der Waals surface area (Å²) in [4.78, 5) is 19.1. The van der Waals surface area contributed by atoms with Gasteiger partial charge in [0.05, 0.1) is 13.7 Å². The van der Waals surface area contributed by atoms with Gasteiger partial charge in [0.2, 0.25) is 0 Å². The minimum Gasteiger partial charge on any atom is -0.492 e. The molecule has 3 aromatic carbocycles. The van der Waals surface area contributed by atoms with Crippen molar-refractivity contribution in [3.63, 3.8) is 0 Å². The van der Waals surface area contributed by atoms with E-state index in [1.807, 2.05) is 102 Å². The maximum atomic E-state index is 12.6. The Hall–Kier alpha value is -4.52. The number of methoxy groups -OCH3 is 1. The number of hydrogen-bond acceptors (Lipinski definition) is 6. The van der Waals surface area contributed by atoms with E-state index in [1.54, 1.807) is 0 Å². The van der Waals surface area contributed by atoms with Crippen LogP contribution in [0.4, 0.5) is 6.01 Å². The zero-order valence-corrected chi connectivity index (χ0v) is 20.9. The first-order valence-corrected chi connectivity index (χ1v) is 12.2. The number of carbonyl (C=O) groups excluding carboxylic acids is 1. The summed E-state index contributed by atoms with van der Waals surface area (Å²) in [6, 6.07) is 27.7. The molecule has 0 spiro atoms. The fraction of sp³-hybridized carbons (Fsp3) is 0.200. The molecule has 0 amide bonds. The number of anilines is 1. The molecule has 0 bridgehead atoms. The van der Waals surface area contributed by atoms with Gasteiger partial charge in [0, 0.05) is 25.9 Å². The van der Waals surface area contributed by atoms with Crippen molar-refractivity contribution in [1.29, 1.82) is 0 Å². The first-order chi connectivity index (χ1) is 18.1. The molecule has 0 radical (unpaired) electrons. The topological polar surface area (TPSA) is 69.7 Å². The Kier molecular flexibility index (Phi) is 7.21. The van der Waals surface area contributed by atoms with Gasteiger partial charge < -0.3 is 23.4 Å². The second kappa shape index (κ2) is 11.0. The fourth-order valence-corrected chi connectivity index (χ4v) is 4.22. The van der Waals surface area contributed by atoms with E-state index >= 15 is 0 Å². The molecule has 5 aromatic rings. The van der Waals surface area contributed by atoms with Crippen molar-refractivity contribution in [1.82, 2.24) is 9.55 Å². The number of esters is 1. The number of ether oxygens (including phenoxy) is 2. The Bertz CT molecular complexity index is 1420. The van der Waals surface area contributed by atoms with Gasteiger partial charge in [-0.2, -0.15) is 4.98 Å². The molecule has 5 rings (SSSR count). The summed E-state index contributed by atoms with van der Waals surface area (Å²) in [5.74, 6) is 0.481. The van der Waals surface area contributed by atoms with Crippen LogP contribution in [0.1, 0.15) is 11.6 Å². The van der Waals surface area contributed by atoms with E-state index in [2.05, 4.69) is 17.1 Å². The van der Waals surface area contributed by atoms with Gasteiger partial charge in [0.15, 0.2) is 5.58 Å². The van der Waals surface area contributed by atoms with E-state index in [4.69, 9.17) is 13.9 Å². The molecule has 0 aliphatic carbocycles. The lowest BCUT2D eigenvalue weighted by Crippen LogP contribution is -2.24. The Morgan fingerprint density at radius 3 is 2.49 bits per heavy atom. The number of hydrogen-bond donors (Lipinski definition) is 0. The lowest BCUT2D eigenvalue weighted by Gasteiger charge is -2.17. The number of aromatic nitrogens is 2. The van der Waals surface area contributed by atoms with Crippen LogP contribution in [0, 0.1) is 0 Å². The number of rotatable bonds is 10. The average molecular weight is 496 g/mol. The van der Waals surface area contributed by atoms with E-state index in [0.29, 0.717) is 25.6 Å². The first kappa shape index (κ1) is 24.2. The molecule has 2 heterocycles. The summed E-state index contributed by atoms with van der Waals surface area (Å²) in [5.41, 5.74) is 4.78. The molecule has 0 aliphatic rings. The van der Waals surface area contributed by atoms with Crippen LogP contribution in [-0.2, 0) is 16.0 Å². The minimum absolute atomic E-state index is 0.280. The molecule has 0 aliphatic heterocycles. The van der Waals surface area contributed by atoms with E-state index in [1.165, 1.54) is 7.11 Å². The van der Waals surface area contributed by atoms with Crippen molar-refractivity contribution in [3.8, 4) is 16.9 Å². The Labute approximate surface area is 215 Å². The van der Waals surface area contributed by atoms with Gasteiger partial charge in [-0.3, -0.25) is 0 Å². The molecule has 7 heteroatoms. The highest BCUT2D eigenvalue weighted by Gasteiger charge is 2.22. The maximum absolute atomic E-state index is 12.6. The third-order valence-electron chi connectivity index (χ3n) is 6.31. The lowest BCUT2D eigenvalue weighted by atomic mass is 10.1. The molecule has 0 saturated heterocycles. The van der Waals surface area contributed by atoms with Crippen molar-refractivity contribution in [2.75, 3.05) is 32.2 Å². The average Bonchev–Trinajstić information content (AvgIpc) is 3.60. The Morgan fingerprint density at radius 1 is 0.973 bits per heavy atom. The number of benzene rings is 3. The summed E-state index contributed by atoms with van der Waals surface area (Å²) in [6.45, 7) is 1.10. The zero-order chi connectivity index (χ0) is 25.6. The van der Waals surface area contributed by atoms with Crippen LogP contribution in [0.2, 0.25) is 0 Å². The van der Waals surface area contributed by atoms with Gasteiger partial charge in [0.25, 0.3) is 6.01 Å². The van der Waals surface area contributed by atoms with E-state index in [9.17, 15) is 4.79 Å². The van der Waals surface area contributed by atoms with Crippen molar-refractivity contribution in [3.05, 3.63) is 103 Å². The van der Waals surface area contributed by atoms with Crippen LogP contribution >= 0.6 is 0 Å². The molecular formula is C30H29N3O4. The van der Waals surface area contributed by atoms with Crippen molar-refractivity contribution in [2.45, 2.75) is 12.5 Å². The predicted octanol–water partition coefficient (Wildman–Crippen LogP) is 5.77. The quantitative estimate of drug-likeness (QED) is 0.229. The van der Waals surface area contributed by atoms with Gasteiger partial charge in [-0.15, -0.1) is 0 Å². The van der Waals surface area contributed by atoms with Crippen LogP contribution in [0.15, 0.2) is 102 Å². The van der Waals surface area contributed by atoms with Crippen LogP contribution in [0.5, 0.6) is 5.75 Å². The molecule has 0 saturated carbocycles. The normalized spacial score (nSPS) is 11.8. The van der Waals surface area contributed by atoms with Crippen molar-refractivity contribution < 1.29 is 18.7 Å². The molecule has 1 unspecified atom stereocenters. The van der Waals surface area contributed by atoms with Crippen LogP contribution < -0.4 is 9.64 Å². The number of nitrogens with zero attached hydrogens (tertiary/aromatic N) is 3. The largest absolute Gasteiger partial charge is 0.492 e. The number of para-hydroxylation sites is 2. The second-order valence-corrected chi connectivity index (χ2v) is 8.83. The standard InChI is InChI=1S/C30H29N3O4/c1-32(30-31-26-10-6-7-11-28(26)37-30)18-19-36-25-14-12-22(13-15-25)20-27(29(34)35-2)33-17-16-24(21-33)23-8-4-3-5-9-23/h3-17,21,27H,18-20H2,1-2H3. The molecule has 2 aromatic heterocycles. The number of likely N-dealkylation sites (N-methyl/N-ethyl adjacent to an activating group) is 1. The second-order valence-electron chi connectivity index (χ2n) is 8.83. The number of oxazole rings is 1. The predicted molar refractivity (Wildman–Crippen MR) is 144 cm³/mol. The van der Waals surface area contributed by atoms with Gasteiger partial charge in [0.1, 0.15) is 23.9 Å². The molecule has 37 heavy (non-hydrogen) atoms. The third kappa shape index (κ3) is 5.67. The Balaban J connectivity index is 1.19. The summed E-state index contributed by atoms with van der Waals surface area (Å²) >= 11 is 0. The van der Waals surface area contributed by atoms with E-state index < -0.39 is 6.04 Å². The summed E-state index contributed by atoms with van der Waals surface area (Å²) in [7, 11) is 3.35. The first-order valence-electron chi connectivity index (χ1n) is 12.2. The minimum atomic E-state index is -0.459. The van der Waals surface area contributed by atoms with Crippen molar-refractivity contribution >= 4 is 23.1 Å². The number of carbonyl (C=O) groups is 1.